The van der Waals surface area contributed by atoms with Gasteiger partial charge in [-0.2, -0.15) is 4.98 Å². The molecule has 5 heteroatoms. The SMILES string of the molecule is c1ccc2cc3oc4nc5oc6cc7ccccc7cc6oc5cc4oc3cc2c1. The maximum absolute atomic E-state index is 6.09. The van der Waals surface area contributed by atoms with Crippen LogP contribution in [0.3, 0.4) is 0 Å². The van der Waals surface area contributed by atoms with Gasteiger partial charge in [0.25, 0.3) is 11.4 Å². The smallest absolute Gasteiger partial charge is 0.266 e. The summed E-state index contributed by atoms with van der Waals surface area (Å²) >= 11 is 0. The molecule has 0 aliphatic carbocycles. The lowest BCUT2D eigenvalue weighted by atomic mass is 10.1. The van der Waals surface area contributed by atoms with Gasteiger partial charge in [-0.05, 0) is 45.8 Å². The molecular formula is C25H13NO4. The lowest BCUT2D eigenvalue weighted by molar-refractivity contribution is 0.549. The van der Waals surface area contributed by atoms with Crippen molar-refractivity contribution in [1.82, 2.24) is 4.98 Å². The minimum absolute atomic E-state index is 0.351. The summed E-state index contributed by atoms with van der Waals surface area (Å²) in [6, 6.07) is 25.7. The number of benzene rings is 4. The summed E-state index contributed by atoms with van der Waals surface area (Å²) in [5.74, 6) is 0. The molecule has 0 spiro atoms. The summed E-state index contributed by atoms with van der Waals surface area (Å²) in [6.07, 6.45) is 0. The van der Waals surface area contributed by atoms with Gasteiger partial charge in [0.1, 0.15) is 0 Å². The molecule has 7 rings (SSSR count). The van der Waals surface area contributed by atoms with E-state index in [0.717, 1.165) is 21.5 Å². The van der Waals surface area contributed by atoms with E-state index in [4.69, 9.17) is 17.7 Å². The number of nitrogens with zero attached hydrogens (tertiary/aromatic N) is 1. The van der Waals surface area contributed by atoms with Gasteiger partial charge in [0.2, 0.25) is 0 Å². The molecule has 0 saturated heterocycles. The van der Waals surface area contributed by atoms with Crippen LogP contribution in [0.15, 0.2) is 96.5 Å². The third-order valence-electron chi connectivity index (χ3n) is 5.36. The fourth-order valence-electron chi connectivity index (χ4n) is 3.90. The van der Waals surface area contributed by atoms with E-state index in [1.807, 2.05) is 72.8 Å². The summed E-state index contributed by atoms with van der Waals surface area (Å²) in [7, 11) is 0. The van der Waals surface area contributed by atoms with Crippen molar-refractivity contribution < 1.29 is 17.7 Å². The monoisotopic (exact) mass is 391 g/mol. The highest BCUT2D eigenvalue weighted by Crippen LogP contribution is 2.31. The van der Waals surface area contributed by atoms with E-state index in [9.17, 15) is 0 Å². The molecule has 0 N–H and O–H groups in total. The quantitative estimate of drug-likeness (QED) is 0.250. The molecule has 3 heterocycles. The van der Waals surface area contributed by atoms with E-state index >= 15 is 0 Å². The second kappa shape index (κ2) is 5.64. The third-order valence-corrected chi connectivity index (χ3v) is 5.36. The highest BCUT2D eigenvalue weighted by atomic mass is 16.4. The Morgan fingerprint density at radius 2 is 0.767 bits per heavy atom. The summed E-state index contributed by atoms with van der Waals surface area (Å²) in [5, 5.41) is 4.30. The molecule has 3 aromatic heterocycles. The fourth-order valence-corrected chi connectivity index (χ4v) is 3.90. The van der Waals surface area contributed by atoms with E-state index in [-0.39, 0.29) is 0 Å². The molecule has 0 aliphatic heterocycles. The molecule has 5 nitrogen and oxygen atoms in total. The first kappa shape index (κ1) is 15.6. The van der Waals surface area contributed by atoms with Crippen LogP contribution >= 0.6 is 0 Å². The summed E-state index contributed by atoms with van der Waals surface area (Å²) in [6.45, 7) is 0. The Hall–Kier alpha value is -4.25. The van der Waals surface area contributed by atoms with Gasteiger partial charge in [0.15, 0.2) is 33.5 Å². The molecule has 0 saturated carbocycles. The zero-order valence-corrected chi connectivity index (χ0v) is 15.6. The first-order chi connectivity index (χ1) is 14.8. The Labute approximate surface area is 168 Å². The summed E-state index contributed by atoms with van der Waals surface area (Å²) in [4.78, 5) is 4.52. The molecule has 7 aromatic rings. The van der Waals surface area contributed by atoms with Gasteiger partial charge < -0.3 is 17.7 Å². The minimum Gasteiger partial charge on any atom is -0.448 e. The van der Waals surface area contributed by atoms with E-state index in [1.165, 1.54) is 0 Å². The first-order valence-electron chi connectivity index (χ1n) is 9.62. The van der Waals surface area contributed by atoms with Crippen molar-refractivity contribution in [2.45, 2.75) is 0 Å². The number of aromatic nitrogens is 1. The second-order valence-corrected chi connectivity index (χ2v) is 7.30. The van der Waals surface area contributed by atoms with Crippen LogP contribution in [0, 0.1) is 0 Å². The summed E-state index contributed by atoms with van der Waals surface area (Å²) < 4.78 is 24.2. The molecule has 4 aromatic carbocycles. The Morgan fingerprint density at radius 3 is 1.17 bits per heavy atom. The van der Waals surface area contributed by atoms with Crippen LogP contribution in [0.1, 0.15) is 0 Å². The van der Waals surface area contributed by atoms with Gasteiger partial charge >= 0.3 is 0 Å². The van der Waals surface area contributed by atoms with Crippen molar-refractivity contribution in [2.75, 3.05) is 0 Å². The van der Waals surface area contributed by atoms with Crippen LogP contribution in [0.5, 0.6) is 0 Å². The highest BCUT2D eigenvalue weighted by molar-refractivity contribution is 5.96. The van der Waals surface area contributed by atoms with Crippen LogP contribution in [-0.2, 0) is 0 Å². The molecule has 142 valence electrons. The van der Waals surface area contributed by atoms with Crippen molar-refractivity contribution in [3.05, 3.63) is 78.9 Å². The molecule has 0 bridgehead atoms. The number of hydrogen-bond donors (Lipinski definition) is 0. The van der Waals surface area contributed by atoms with Crippen LogP contribution < -0.4 is 0 Å². The number of fused-ring (bicyclic) bond motifs is 6. The van der Waals surface area contributed by atoms with Gasteiger partial charge in [-0.25, -0.2) is 0 Å². The number of pyridine rings is 1. The maximum atomic E-state index is 6.09. The van der Waals surface area contributed by atoms with Crippen molar-refractivity contribution in [2.24, 2.45) is 0 Å². The van der Waals surface area contributed by atoms with Crippen LogP contribution in [0.2, 0.25) is 0 Å². The molecule has 0 atom stereocenters. The van der Waals surface area contributed by atoms with Crippen LogP contribution in [0.4, 0.5) is 0 Å². The zero-order valence-electron chi connectivity index (χ0n) is 15.6. The molecular weight excluding hydrogens is 378 g/mol. The van der Waals surface area contributed by atoms with Gasteiger partial charge in [0, 0.05) is 6.07 Å². The van der Waals surface area contributed by atoms with E-state index in [1.54, 1.807) is 6.07 Å². The molecule has 0 fully saturated rings. The van der Waals surface area contributed by atoms with Gasteiger partial charge in [0.05, 0.1) is 0 Å². The predicted molar refractivity (Wildman–Crippen MR) is 116 cm³/mol. The van der Waals surface area contributed by atoms with Crippen molar-refractivity contribution >= 4 is 66.5 Å². The second-order valence-electron chi connectivity index (χ2n) is 7.30. The average molecular weight is 391 g/mol. The van der Waals surface area contributed by atoms with Gasteiger partial charge in [-0.1, -0.05) is 48.5 Å². The predicted octanol–water partition coefficient (Wildman–Crippen LogP) is 7.50. The normalized spacial score (nSPS) is 12.0. The fraction of sp³-hybridized carbons (Fsp3) is 0. The van der Waals surface area contributed by atoms with Crippen molar-refractivity contribution in [3.8, 4) is 0 Å². The Morgan fingerprint density at radius 1 is 0.400 bits per heavy atom. The van der Waals surface area contributed by atoms with Crippen molar-refractivity contribution in [3.63, 3.8) is 0 Å². The largest absolute Gasteiger partial charge is 0.448 e. The lowest BCUT2D eigenvalue weighted by Crippen LogP contribution is -1.85. The third kappa shape index (κ3) is 2.26. The minimum atomic E-state index is 0.351. The Balaban J connectivity index is 1.54. The zero-order chi connectivity index (χ0) is 19.7. The van der Waals surface area contributed by atoms with E-state index < -0.39 is 0 Å². The molecule has 30 heavy (non-hydrogen) atoms. The summed E-state index contributed by atoms with van der Waals surface area (Å²) in [5.41, 5.74) is 4.22. The van der Waals surface area contributed by atoms with Gasteiger partial charge in [-0.3, -0.25) is 0 Å². The number of rotatable bonds is 0. The first-order valence-corrected chi connectivity index (χ1v) is 9.62. The van der Waals surface area contributed by atoms with Gasteiger partial charge in [-0.15, -0.1) is 0 Å². The van der Waals surface area contributed by atoms with Crippen molar-refractivity contribution in [1.29, 1.82) is 0 Å². The van der Waals surface area contributed by atoms with Crippen LogP contribution in [0.25, 0.3) is 66.5 Å². The molecule has 0 unspecified atom stereocenters. The van der Waals surface area contributed by atoms with Crippen LogP contribution in [-0.4, -0.2) is 4.98 Å². The topological polar surface area (TPSA) is 65.5 Å². The highest BCUT2D eigenvalue weighted by Gasteiger charge is 2.13. The molecule has 0 aliphatic rings. The Kier molecular flexibility index (Phi) is 2.94. The number of hydrogen-bond acceptors (Lipinski definition) is 5. The maximum Gasteiger partial charge on any atom is 0.266 e. The Bertz CT molecular complexity index is 1550. The molecule has 0 amide bonds. The lowest BCUT2D eigenvalue weighted by Gasteiger charge is -2.06. The molecule has 0 radical (unpaired) electrons. The van der Waals surface area contributed by atoms with E-state index in [2.05, 4.69) is 4.98 Å². The average Bonchev–Trinajstić information content (AvgIpc) is 2.77. The van der Waals surface area contributed by atoms with E-state index in [0.29, 0.717) is 44.9 Å². The standard InChI is InChI=1S/C25H13NO4/c1-3-7-16-11-20-18(9-14(16)5-1)27-22-13-23-25(26-24(22)29-20)30-21-12-17-8-4-2-6-15(17)10-19(21)28-23/h1-13H.